The minimum absolute atomic E-state index is 0.00870. The van der Waals surface area contributed by atoms with Crippen molar-refractivity contribution in [1.29, 1.82) is 0 Å². The second-order valence-corrected chi connectivity index (χ2v) is 12.2. The fourth-order valence-electron chi connectivity index (χ4n) is 5.32. The lowest BCUT2D eigenvalue weighted by atomic mass is 9.94. The lowest BCUT2D eigenvalue weighted by Crippen LogP contribution is -2.27. The van der Waals surface area contributed by atoms with Gasteiger partial charge >= 0.3 is 0 Å². The fourth-order valence-corrected chi connectivity index (χ4v) is 5.32. The van der Waals surface area contributed by atoms with Crippen LogP contribution in [0.5, 0.6) is 0 Å². The Morgan fingerprint density at radius 3 is 1.78 bits per heavy atom. The van der Waals surface area contributed by atoms with Crippen molar-refractivity contribution < 1.29 is 19.4 Å². The fraction of sp³-hybridized carbons (Fsp3) is 0.312. The van der Waals surface area contributed by atoms with E-state index in [2.05, 4.69) is 47.3 Å². The first-order valence-corrected chi connectivity index (χ1v) is 16.1. The number of rotatable bonds is 2. The van der Waals surface area contributed by atoms with Crippen molar-refractivity contribution in [1.82, 2.24) is 40.4 Å². The van der Waals surface area contributed by atoms with E-state index in [4.69, 9.17) is 11.5 Å². The number of hydrogen-bond acceptors (Lipinski definition) is 12. The summed E-state index contributed by atoms with van der Waals surface area (Å²) in [7, 11) is 0. The number of aryl methyl sites for hydroxylation is 2. The van der Waals surface area contributed by atoms with E-state index in [1.54, 1.807) is 12.3 Å². The summed E-state index contributed by atoms with van der Waals surface area (Å²) in [5, 5.41) is 46.0. The van der Waals surface area contributed by atoms with Gasteiger partial charge in [-0.15, -0.1) is 0 Å². The van der Waals surface area contributed by atoms with Crippen LogP contribution in [0.25, 0.3) is 21.8 Å². The monoisotopic (exact) mass is 720 g/mol. The zero-order chi connectivity index (χ0) is 37.1. The Bertz CT molecular complexity index is 2070. The molecule has 0 saturated carbocycles. The molecule has 0 fully saturated rings. The third-order valence-electron chi connectivity index (χ3n) is 7.80. The number of nitrogens with one attached hydrogen (secondary N) is 3. The van der Waals surface area contributed by atoms with E-state index in [1.807, 2.05) is 12.4 Å². The van der Waals surface area contributed by atoms with Gasteiger partial charge in [0.1, 0.15) is 0 Å². The van der Waals surface area contributed by atoms with Crippen LogP contribution in [0.2, 0.25) is 0 Å². The highest BCUT2D eigenvalue weighted by Gasteiger charge is 2.17. The summed E-state index contributed by atoms with van der Waals surface area (Å²) in [5.74, 6) is -0.223. The number of carbonyl (C=O) groups excluding carboxylic acids is 2. The van der Waals surface area contributed by atoms with Gasteiger partial charge in [0.05, 0.1) is 45.7 Å². The number of fused-ring (bicyclic) bond motifs is 4. The number of H-pyrrole nitrogens is 3. The zero-order valence-electron chi connectivity index (χ0n) is 27.8. The van der Waals surface area contributed by atoms with E-state index in [0.29, 0.717) is 23.0 Å². The summed E-state index contributed by atoms with van der Waals surface area (Å²) >= 11 is 4.64. The summed E-state index contributed by atoms with van der Waals surface area (Å²) < 4.78 is 1.21. The molecular formula is C32H37ClN12O6. The van der Waals surface area contributed by atoms with E-state index in [0.717, 1.165) is 49.4 Å². The molecule has 0 spiro atoms. The van der Waals surface area contributed by atoms with Gasteiger partial charge in [0.15, 0.2) is 0 Å². The van der Waals surface area contributed by atoms with Gasteiger partial charge < -0.3 is 11.5 Å². The van der Waals surface area contributed by atoms with Crippen molar-refractivity contribution in [2.75, 3.05) is 0 Å². The number of aromatic nitrogens is 8. The second-order valence-electron chi connectivity index (χ2n) is 11.7. The molecule has 0 amide bonds. The molecule has 2 aromatic carbocycles. The number of nitrogens with zero attached hydrogens (tertiary/aromatic N) is 7. The highest BCUT2D eigenvalue weighted by atomic mass is 35.5. The normalized spacial score (nSPS) is 15.5. The number of hydrogen-bond donors (Lipinski definition) is 5. The smallest absolute Gasteiger partial charge is 0.270 e. The van der Waals surface area contributed by atoms with Gasteiger partial charge in [0.2, 0.25) is 11.1 Å². The standard InChI is InChI=1S/C9H7N3O3.C7H5N3O2.2C7H11N3.C2H3ClO/c1-6(13)11-9-3-2-8(12(14)15)4-7(9)5-10-11;11-10(12)6-1-2-7-5(3-6)4-8-9-7;2*8-6-1-2-7-5(3-6)4-9-10-7;1-2(3)4/h2-5H,1H3;1-4H,(H,8,9);2*4,6H,1-3,8H2,(H,9,10);1H3/t;;2*6-;/m..00./s1. The first-order valence-electron chi connectivity index (χ1n) is 15.7. The van der Waals surface area contributed by atoms with E-state index >= 15 is 0 Å². The minimum Gasteiger partial charge on any atom is -0.327 e. The molecule has 18 nitrogen and oxygen atoms in total. The maximum Gasteiger partial charge on any atom is 0.270 e. The van der Waals surface area contributed by atoms with E-state index in [-0.39, 0.29) is 22.5 Å². The third-order valence-corrected chi connectivity index (χ3v) is 7.80. The van der Waals surface area contributed by atoms with Gasteiger partial charge in [-0.2, -0.15) is 20.4 Å². The molecule has 2 aliphatic carbocycles. The first kappa shape index (κ1) is 38.0. The van der Waals surface area contributed by atoms with Crippen LogP contribution in [0.4, 0.5) is 11.4 Å². The first-order chi connectivity index (χ1) is 24.3. The van der Waals surface area contributed by atoms with Crippen LogP contribution in [-0.4, -0.2) is 73.5 Å². The molecule has 4 heterocycles. The van der Waals surface area contributed by atoms with Crippen LogP contribution in [0.3, 0.4) is 0 Å². The number of benzene rings is 2. The maximum absolute atomic E-state index is 11.1. The van der Waals surface area contributed by atoms with Crippen molar-refractivity contribution >= 4 is 55.9 Å². The highest BCUT2D eigenvalue weighted by molar-refractivity contribution is 6.62. The summed E-state index contributed by atoms with van der Waals surface area (Å²) in [5.41, 5.74) is 18.2. The molecule has 0 saturated heterocycles. The van der Waals surface area contributed by atoms with E-state index < -0.39 is 9.85 Å². The lowest BCUT2D eigenvalue weighted by Gasteiger charge is -2.16. The molecule has 0 radical (unpaired) electrons. The predicted octanol–water partition coefficient (Wildman–Crippen LogP) is 4.30. The topological polar surface area (TPSA) is 276 Å². The molecule has 4 aromatic heterocycles. The Labute approximate surface area is 295 Å². The Morgan fingerprint density at radius 1 is 0.784 bits per heavy atom. The summed E-state index contributed by atoms with van der Waals surface area (Å²) in [4.78, 5) is 40.2. The van der Waals surface area contributed by atoms with Crippen molar-refractivity contribution in [2.45, 2.75) is 64.5 Å². The van der Waals surface area contributed by atoms with Gasteiger partial charge in [-0.3, -0.25) is 45.1 Å². The number of nitro benzene ring substituents is 2. The second kappa shape index (κ2) is 17.7. The summed E-state index contributed by atoms with van der Waals surface area (Å²) in [6.45, 7) is 2.68. The average Bonchev–Trinajstić information content (AvgIpc) is 3.90. The maximum atomic E-state index is 11.1. The van der Waals surface area contributed by atoms with Crippen LogP contribution in [0.1, 0.15) is 54.0 Å². The molecule has 51 heavy (non-hydrogen) atoms. The molecule has 19 heteroatoms. The number of nitro groups is 2. The quantitative estimate of drug-likeness (QED) is 0.0951. The number of nitrogens with two attached hydrogens (primary N) is 2. The van der Waals surface area contributed by atoms with Crippen LogP contribution < -0.4 is 11.5 Å². The molecule has 2 aliphatic rings. The average molecular weight is 721 g/mol. The van der Waals surface area contributed by atoms with E-state index in [9.17, 15) is 29.8 Å². The Hall–Kier alpha value is -5.85. The Kier molecular flexibility index (Phi) is 13.2. The molecule has 268 valence electrons. The van der Waals surface area contributed by atoms with Gasteiger partial charge in [0, 0.05) is 72.4 Å². The molecule has 0 bridgehead atoms. The minimum atomic E-state index is -0.482. The molecule has 7 N–H and O–H groups in total. The molecule has 0 aliphatic heterocycles. The predicted molar refractivity (Wildman–Crippen MR) is 189 cm³/mol. The van der Waals surface area contributed by atoms with Crippen molar-refractivity contribution in [3.8, 4) is 0 Å². The highest BCUT2D eigenvalue weighted by Crippen LogP contribution is 2.21. The Morgan fingerprint density at radius 2 is 1.27 bits per heavy atom. The summed E-state index contributed by atoms with van der Waals surface area (Å²) in [6, 6.07) is 9.53. The van der Waals surface area contributed by atoms with E-state index in [1.165, 1.54) is 77.6 Å². The van der Waals surface area contributed by atoms with Crippen molar-refractivity contribution in [3.05, 3.63) is 104 Å². The molecule has 0 unspecified atom stereocenters. The van der Waals surface area contributed by atoms with Crippen LogP contribution >= 0.6 is 11.6 Å². The SMILES string of the molecule is CC(=O)Cl.CC(=O)n1ncc2cc([N+](=O)[O-])ccc21.N[C@H]1CCc2[nH]ncc2C1.N[C@H]1CCc2[nH]ncc2C1.O=[N+]([O-])c1ccc2[nH]ncc2c1. The van der Waals surface area contributed by atoms with Gasteiger partial charge in [0.25, 0.3) is 11.4 Å². The van der Waals surface area contributed by atoms with Crippen LogP contribution in [0, 0.1) is 20.2 Å². The number of carbonyl (C=O) groups is 2. The number of halogens is 1. The van der Waals surface area contributed by atoms with Crippen molar-refractivity contribution in [2.24, 2.45) is 11.5 Å². The molecule has 2 atom stereocenters. The molecule has 6 aromatic rings. The largest absolute Gasteiger partial charge is 0.327 e. The van der Waals surface area contributed by atoms with Gasteiger partial charge in [-0.1, -0.05) is 0 Å². The third kappa shape index (κ3) is 10.8. The van der Waals surface area contributed by atoms with Crippen LogP contribution in [0.15, 0.2) is 61.2 Å². The summed E-state index contributed by atoms with van der Waals surface area (Å²) in [6.07, 6.45) is 13.1. The van der Waals surface area contributed by atoms with Gasteiger partial charge in [-0.05, 0) is 73.4 Å². The molecular weight excluding hydrogens is 684 g/mol. The molecule has 8 rings (SSSR count). The number of aromatic amines is 3. The zero-order valence-corrected chi connectivity index (χ0v) is 28.5. The van der Waals surface area contributed by atoms with Crippen LogP contribution in [-0.2, 0) is 30.5 Å². The lowest BCUT2D eigenvalue weighted by molar-refractivity contribution is -0.384. The van der Waals surface area contributed by atoms with Gasteiger partial charge in [-0.25, -0.2) is 4.68 Å². The Balaban J connectivity index is 0.000000149. The number of non-ortho nitro benzene ring substituents is 2. The van der Waals surface area contributed by atoms with Crippen molar-refractivity contribution in [3.63, 3.8) is 0 Å².